The average Bonchev–Trinajstić information content (AvgIpc) is 2.71. The first kappa shape index (κ1) is 21.5. The molecule has 3 aromatic carbocycles. The minimum absolute atomic E-state index is 0.107. The molecule has 0 aromatic heterocycles. The predicted molar refractivity (Wildman–Crippen MR) is 115 cm³/mol. The molecule has 0 aliphatic rings. The fraction of sp³-hybridized carbons (Fsp3) is 0.174. The highest BCUT2D eigenvalue weighted by molar-refractivity contribution is 7.92. The van der Waals surface area contributed by atoms with Gasteiger partial charge in [-0.05, 0) is 66.9 Å². The summed E-state index contributed by atoms with van der Waals surface area (Å²) in [5, 5.41) is 2.70. The van der Waals surface area contributed by atoms with E-state index in [0.717, 1.165) is 15.4 Å². The lowest BCUT2D eigenvalue weighted by Gasteiger charge is -2.25. The van der Waals surface area contributed by atoms with Crippen molar-refractivity contribution >= 4 is 21.6 Å². The quantitative estimate of drug-likeness (QED) is 0.622. The van der Waals surface area contributed by atoms with Crippen LogP contribution in [0.25, 0.3) is 0 Å². The predicted octanol–water partition coefficient (Wildman–Crippen LogP) is 3.95. The highest BCUT2D eigenvalue weighted by Gasteiger charge is 2.27. The maximum atomic E-state index is 13.3. The molecular weight excluding hydrogens is 403 g/mol. The Kier molecular flexibility index (Phi) is 6.52. The van der Waals surface area contributed by atoms with E-state index >= 15 is 0 Å². The largest absolute Gasteiger partial charge is 0.350 e. The summed E-state index contributed by atoms with van der Waals surface area (Å²) in [6.07, 6.45) is 0. The third-order valence-corrected chi connectivity index (χ3v) is 6.30. The Morgan fingerprint density at radius 1 is 0.933 bits per heavy atom. The van der Waals surface area contributed by atoms with Gasteiger partial charge in [0, 0.05) is 6.54 Å². The SMILES string of the molecule is Cc1cc(C)cc(N(CC(=O)NCc2ccc(F)cc2)S(=O)(=O)c2ccccc2)c1. The first-order chi connectivity index (χ1) is 14.3. The number of halogens is 1. The van der Waals surface area contributed by atoms with Gasteiger partial charge in [-0.1, -0.05) is 36.4 Å². The molecule has 0 saturated carbocycles. The fourth-order valence-electron chi connectivity index (χ4n) is 3.12. The van der Waals surface area contributed by atoms with Crippen molar-refractivity contribution in [1.82, 2.24) is 5.32 Å². The van der Waals surface area contributed by atoms with Gasteiger partial charge < -0.3 is 5.32 Å². The highest BCUT2D eigenvalue weighted by atomic mass is 32.2. The van der Waals surface area contributed by atoms with Crippen LogP contribution in [0, 0.1) is 19.7 Å². The zero-order valence-electron chi connectivity index (χ0n) is 16.8. The molecule has 1 amide bonds. The topological polar surface area (TPSA) is 66.5 Å². The van der Waals surface area contributed by atoms with Gasteiger partial charge in [0.1, 0.15) is 12.4 Å². The first-order valence-electron chi connectivity index (χ1n) is 9.43. The van der Waals surface area contributed by atoms with Crippen molar-refractivity contribution in [3.8, 4) is 0 Å². The van der Waals surface area contributed by atoms with Gasteiger partial charge in [0.25, 0.3) is 10.0 Å². The Morgan fingerprint density at radius 3 is 2.13 bits per heavy atom. The van der Waals surface area contributed by atoms with Crippen LogP contribution in [0.1, 0.15) is 16.7 Å². The fourth-order valence-corrected chi connectivity index (χ4v) is 4.54. The number of hydrogen-bond acceptors (Lipinski definition) is 3. The van der Waals surface area contributed by atoms with Crippen LogP contribution in [0.3, 0.4) is 0 Å². The number of anilines is 1. The number of aryl methyl sites for hydroxylation is 2. The molecule has 3 aromatic rings. The number of hydrogen-bond donors (Lipinski definition) is 1. The Bertz CT molecular complexity index is 1110. The van der Waals surface area contributed by atoms with Gasteiger partial charge in [-0.3, -0.25) is 9.10 Å². The van der Waals surface area contributed by atoms with Gasteiger partial charge in [-0.15, -0.1) is 0 Å². The van der Waals surface area contributed by atoms with Gasteiger partial charge in [0.05, 0.1) is 10.6 Å². The van der Waals surface area contributed by atoms with Crippen molar-refractivity contribution in [2.24, 2.45) is 0 Å². The Balaban J connectivity index is 1.87. The van der Waals surface area contributed by atoms with Crippen molar-refractivity contribution in [1.29, 1.82) is 0 Å². The summed E-state index contributed by atoms with van der Waals surface area (Å²) in [5.41, 5.74) is 2.93. The summed E-state index contributed by atoms with van der Waals surface area (Å²) in [4.78, 5) is 12.7. The Morgan fingerprint density at radius 2 is 1.53 bits per heavy atom. The number of nitrogens with zero attached hydrogens (tertiary/aromatic N) is 1. The molecule has 0 saturated heterocycles. The summed E-state index contributed by atoms with van der Waals surface area (Å²) in [7, 11) is -3.95. The van der Waals surface area contributed by atoms with E-state index in [0.29, 0.717) is 11.3 Å². The summed E-state index contributed by atoms with van der Waals surface area (Å²) >= 11 is 0. The van der Waals surface area contributed by atoms with Crippen molar-refractivity contribution in [2.45, 2.75) is 25.3 Å². The molecule has 156 valence electrons. The third-order valence-electron chi connectivity index (χ3n) is 4.52. The number of amides is 1. The number of sulfonamides is 1. The number of rotatable bonds is 7. The standard InChI is InChI=1S/C23H23FN2O3S/c1-17-12-18(2)14-21(13-17)26(30(28,29)22-6-4-3-5-7-22)16-23(27)25-15-19-8-10-20(24)11-9-19/h3-14H,15-16H2,1-2H3,(H,25,27). The van der Waals surface area contributed by atoms with Crippen LogP contribution >= 0.6 is 0 Å². The summed E-state index contributed by atoms with van der Waals surface area (Å²) in [6.45, 7) is 3.54. The van der Waals surface area contributed by atoms with Crippen LogP contribution in [0.15, 0.2) is 77.7 Å². The first-order valence-corrected chi connectivity index (χ1v) is 10.9. The third kappa shape index (κ3) is 5.24. The molecule has 0 unspecified atom stereocenters. The van der Waals surface area contributed by atoms with E-state index in [4.69, 9.17) is 0 Å². The average molecular weight is 427 g/mol. The molecule has 3 rings (SSSR count). The molecule has 0 aliphatic heterocycles. The summed E-state index contributed by atoms with van der Waals surface area (Å²) in [5.74, 6) is -0.821. The van der Waals surface area contributed by atoms with Crippen molar-refractivity contribution in [3.05, 3.63) is 95.3 Å². The maximum Gasteiger partial charge on any atom is 0.264 e. The van der Waals surface area contributed by atoms with E-state index in [1.54, 1.807) is 42.5 Å². The van der Waals surface area contributed by atoms with E-state index in [1.807, 2.05) is 19.9 Å². The van der Waals surface area contributed by atoms with E-state index in [1.165, 1.54) is 24.3 Å². The van der Waals surface area contributed by atoms with Gasteiger partial charge in [-0.2, -0.15) is 0 Å². The molecule has 0 spiro atoms. The number of nitrogens with one attached hydrogen (secondary N) is 1. The van der Waals surface area contributed by atoms with E-state index < -0.39 is 15.9 Å². The molecule has 7 heteroatoms. The minimum Gasteiger partial charge on any atom is -0.350 e. The maximum absolute atomic E-state index is 13.3. The lowest BCUT2D eigenvalue weighted by Crippen LogP contribution is -2.40. The van der Waals surface area contributed by atoms with Crippen LogP contribution in [0.5, 0.6) is 0 Å². The van der Waals surface area contributed by atoms with Gasteiger partial charge >= 0.3 is 0 Å². The molecule has 1 N–H and O–H groups in total. The van der Waals surface area contributed by atoms with Crippen molar-refractivity contribution in [3.63, 3.8) is 0 Å². The second kappa shape index (κ2) is 9.09. The van der Waals surface area contributed by atoms with Crippen LogP contribution in [-0.4, -0.2) is 20.9 Å². The van der Waals surface area contributed by atoms with Crippen molar-refractivity contribution in [2.75, 3.05) is 10.8 Å². The van der Waals surface area contributed by atoms with Crippen molar-refractivity contribution < 1.29 is 17.6 Å². The second-order valence-corrected chi connectivity index (χ2v) is 8.94. The Labute approximate surface area is 176 Å². The lowest BCUT2D eigenvalue weighted by molar-refractivity contribution is -0.119. The molecule has 30 heavy (non-hydrogen) atoms. The number of carbonyl (C=O) groups excluding carboxylic acids is 1. The second-order valence-electron chi connectivity index (χ2n) is 7.07. The Hall–Kier alpha value is -3.19. The van der Waals surface area contributed by atoms with Crippen LogP contribution in [0.2, 0.25) is 0 Å². The molecule has 0 aliphatic carbocycles. The number of carbonyl (C=O) groups is 1. The molecule has 5 nitrogen and oxygen atoms in total. The van der Waals surface area contributed by atoms with Gasteiger partial charge in [0.15, 0.2) is 0 Å². The minimum atomic E-state index is -3.95. The normalized spacial score (nSPS) is 11.2. The zero-order valence-corrected chi connectivity index (χ0v) is 17.6. The molecular formula is C23H23FN2O3S. The molecule has 0 heterocycles. The molecule has 0 atom stereocenters. The monoisotopic (exact) mass is 426 g/mol. The molecule has 0 radical (unpaired) electrons. The van der Waals surface area contributed by atoms with Gasteiger partial charge in [0.2, 0.25) is 5.91 Å². The van der Waals surface area contributed by atoms with E-state index in [9.17, 15) is 17.6 Å². The molecule has 0 fully saturated rings. The molecule has 0 bridgehead atoms. The number of benzene rings is 3. The van der Waals surface area contributed by atoms with Crippen LogP contribution in [0.4, 0.5) is 10.1 Å². The van der Waals surface area contributed by atoms with Gasteiger partial charge in [-0.25, -0.2) is 12.8 Å². The van der Waals surface area contributed by atoms with Crippen LogP contribution < -0.4 is 9.62 Å². The smallest absolute Gasteiger partial charge is 0.264 e. The summed E-state index contributed by atoms with van der Waals surface area (Å²) < 4.78 is 40.8. The van der Waals surface area contributed by atoms with E-state index in [-0.39, 0.29) is 23.8 Å². The zero-order chi connectivity index (χ0) is 21.7. The lowest BCUT2D eigenvalue weighted by atomic mass is 10.1. The highest BCUT2D eigenvalue weighted by Crippen LogP contribution is 2.25. The van der Waals surface area contributed by atoms with E-state index in [2.05, 4.69) is 5.32 Å². The summed E-state index contributed by atoms with van der Waals surface area (Å²) in [6, 6.07) is 19.2. The van der Waals surface area contributed by atoms with Crippen LogP contribution in [-0.2, 0) is 21.4 Å².